The molecule has 0 saturated carbocycles. The Hall–Kier alpha value is -0.820. The van der Waals surface area contributed by atoms with E-state index >= 15 is 0 Å². The van der Waals surface area contributed by atoms with Crippen molar-refractivity contribution in [2.24, 2.45) is 5.92 Å². The molecule has 2 aromatic carbocycles. The molecule has 1 atom stereocenters. The van der Waals surface area contributed by atoms with E-state index in [1.165, 1.54) is 38.6 Å². The first-order chi connectivity index (χ1) is 9.41. The van der Waals surface area contributed by atoms with Crippen LogP contribution < -0.4 is 0 Å². The van der Waals surface area contributed by atoms with Crippen LogP contribution >= 0.6 is 0 Å². The Bertz CT molecular complexity index is 647. The van der Waals surface area contributed by atoms with Crippen molar-refractivity contribution >= 4 is 10.8 Å². The number of rotatable bonds is 0. The first kappa shape index (κ1) is 18.2. The van der Waals surface area contributed by atoms with Gasteiger partial charge in [-0.1, -0.05) is 46.6 Å². The van der Waals surface area contributed by atoms with Gasteiger partial charge in [-0.2, -0.15) is 16.7 Å². The van der Waals surface area contributed by atoms with Gasteiger partial charge < -0.3 is 0 Å². The SMILES string of the molecule is CC1=[C-]C(C)C(C)=C1C.Cc1c[c-](C)c2ccccc12.[Hf]. The maximum atomic E-state index is 3.36. The van der Waals surface area contributed by atoms with Crippen molar-refractivity contribution in [2.75, 3.05) is 0 Å². The van der Waals surface area contributed by atoms with E-state index in [-0.39, 0.29) is 25.8 Å². The van der Waals surface area contributed by atoms with Gasteiger partial charge in [-0.15, -0.1) is 47.5 Å². The van der Waals surface area contributed by atoms with Gasteiger partial charge in [-0.25, -0.2) is 5.57 Å². The summed E-state index contributed by atoms with van der Waals surface area (Å²) in [5.41, 5.74) is 7.02. The Labute approximate surface area is 148 Å². The minimum absolute atomic E-state index is 0. The van der Waals surface area contributed by atoms with Crippen LogP contribution in [0.4, 0.5) is 0 Å². The van der Waals surface area contributed by atoms with Crippen molar-refractivity contribution in [3.8, 4) is 0 Å². The van der Waals surface area contributed by atoms with Gasteiger partial charge >= 0.3 is 0 Å². The number of aryl methyl sites for hydroxylation is 2. The maximum absolute atomic E-state index is 3.36. The van der Waals surface area contributed by atoms with Crippen molar-refractivity contribution in [1.29, 1.82) is 0 Å². The van der Waals surface area contributed by atoms with Crippen LogP contribution in [0.1, 0.15) is 38.8 Å². The Morgan fingerprint density at radius 3 is 2.10 bits per heavy atom. The smallest absolute Gasteiger partial charge is 0 e. The van der Waals surface area contributed by atoms with Gasteiger partial charge in [0.15, 0.2) is 0 Å². The standard InChI is InChI=1S/C11H11.C9H13.Hf/c1-8-7-9(2)11-6-4-3-5-10(8)11;1-6-5-7(2)9(4)8(6)3;/h3-7H,1-2H3;6H,1-4H3;/q2*-1;. The van der Waals surface area contributed by atoms with E-state index in [2.05, 4.69) is 78.0 Å². The molecule has 110 valence electrons. The molecule has 0 bridgehead atoms. The molecule has 0 fully saturated rings. The normalized spacial score (nSPS) is 17.2. The average molecular weight is 443 g/mol. The molecule has 0 aliphatic heterocycles. The zero-order valence-corrected chi connectivity index (χ0v) is 17.6. The van der Waals surface area contributed by atoms with E-state index in [1.54, 1.807) is 0 Å². The Morgan fingerprint density at radius 1 is 1.05 bits per heavy atom. The van der Waals surface area contributed by atoms with Crippen molar-refractivity contribution in [2.45, 2.75) is 41.5 Å². The molecule has 3 rings (SSSR count). The first-order valence-corrected chi connectivity index (χ1v) is 7.31. The first-order valence-electron chi connectivity index (χ1n) is 7.31. The molecule has 0 radical (unpaired) electrons. The quantitative estimate of drug-likeness (QED) is 0.352. The summed E-state index contributed by atoms with van der Waals surface area (Å²) in [6.45, 7) is 13.0. The summed E-state index contributed by atoms with van der Waals surface area (Å²) in [5, 5.41) is 2.79. The fourth-order valence-corrected chi connectivity index (χ4v) is 2.81. The Morgan fingerprint density at radius 2 is 1.67 bits per heavy atom. The van der Waals surface area contributed by atoms with Crippen LogP contribution in [0.5, 0.6) is 0 Å². The summed E-state index contributed by atoms with van der Waals surface area (Å²) in [4.78, 5) is 0. The van der Waals surface area contributed by atoms with Gasteiger partial charge in [0.25, 0.3) is 0 Å². The second-order valence-corrected chi connectivity index (χ2v) is 5.85. The second-order valence-electron chi connectivity index (χ2n) is 5.85. The van der Waals surface area contributed by atoms with Crippen molar-refractivity contribution in [1.82, 2.24) is 0 Å². The second kappa shape index (κ2) is 7.45. The molecule has 0 nitrogen and oxygen atoms in total. The monoisotopic (exact) mass is 444 g/mol. The molecule has 0 spiro atoms. The number of allylic oxidation sites excluding steroid dienone is 4. The van der Waals surface area contributed by atoms with Crippen LogP contribution in [0, 0.1) is 25.8 Å². The van der Waals surface area contributed by atoms with Gasteiger partial charge in [-0.05, 0) is 0 Å². The summed E-state index contributed by atoms with van der Waals surface area (Å²) in [6.07, 6.45) is 3.36. The van der Waals surface area contributed by atoms with Crippen LogP contribution in [-0.2, 0) is 25.8 Å². The minimum Gasteiger partial charge on any atom is -0.266 e. The molecule has 0 amide bonds. The summed E-state index contributed by atoms with van der Waals surface area (Å²) in [5.74, 6) is 0.560. The van der Waals surface area contributed by atoms with Crippen LogP contribution in [0.3, 0.4) is 0 Å². The molecule has 0 saturated heterocycles. The Kier molecular flexibility index (Phi) is 6.46. The van der Waals surface area contributed by atoms with Gasteiger partial charge in [-0.3, -0.25) is 6.08 Å². The predicted molar refractivity (Wildman–Crippen MR) is 89.0 cm³/mol. The van der Waals surface area contributed by atoms with E-state index in [9.17, 15) is 0 Å². The predicted octanol–water partition coefficient (Wildman–Crippen LogP) is 5.90. The van der Waals surface area contributed by atoms with E-state index in [0.29, 0.717) is 5.92 Å². The van der Waals surface area contributed by atoms with E-state index in [4.69, 9.17) is 0 Å². The fraction of sp³-hybridized carbons (Fsp3) is 0.350. The van der Waals surface area contributed by atoms with Gasteiger partial charge in [0.1, 0.15) is 0 Å². The van der Waals surface area contributed by atoms with Crippen molar-refractivity contribution in [3.05, 3.63) is 64.3 Å². The number of fused-ring (bicyclic) bond motifs is 1. The maximum Gasteiger partial charge on any atom is 0 e. The fourth-order valence-electron chi connectivity index (χ4n) is 2.81. The average Bonchev–Trinajstić information content (AvgIpc) is 2.84. The van der Waals surface area contributed by atoms with Crippen molar-refractivity contribution < 1.29 is 25.8 Å². The van der Waals surface area contributed by atoms with Gasteiger partial charge in [0.05, 0.1) is 0 Å². The minimum atomic E-state index is 0. The Balaban J connectivity index is 0.000000205. The van der Waals surface area contributed by atoms with Crippen LogP contribution in [0.25, 0.3) is 10.8 Å². The largest absolute Gasteiger partial charge is 0.266 e. The number of benzene rings is 1. The third kappa shape index (κ3) is 3.88. The topological polar surface area (TPSA) is 0 Å². The van der Waals surface area contributed by atoms with E-state index in [0.717, 1.165) is 0 Å². The number of hydrogen-bond donors (Lipinski definition) is 0. The van der Waals surface area contributed by atoms with Crippen LogP contribution in [-0.4, -0.2) is 0 Å². The molecule has 1 aliphatic rings. The third-order valence-corrected chi connectivity index (χ3v) is 4.45. The third-order valence-electron chi connectivity index (χ3n) is 4.45. The molecule has 0 aromatic heterocycles. The van der Waals surface area contributed by atoms with Crippen LogP contribution in [0.15, 0.2) is 47.1 Å². The van der Waals surface area contributed by atoms with Gasteiger partial charge in [0, 0.05) is 25.8 Å². The number of hydrogen-bond acceptors (Lipinski definition) is 0. The zero-order valence-electron chi connectivity index (χ0n) is 14.0. The molecule has 1 unspecified atom stereocenters. The molecule has 1 heteroatoms. The molecular formula is C20H24Hf-2. The van der Waals surface area contributed by atoms with Gasteiger partial charge in [0.2, 0.25) is 0 Å². The van der Waals surface area contributed by atoms with E-state index < -0.39 is 0 Å². The summed E-state index contributed by atoms with van der Waals surface area (Å²) in [7, 11) is 0. The van der Waals surface area contributed by atoms with E-state index in [1.807, 2.05) is 0 Å². The summed E-state index contributed by atoms with van der Waals surface area (Å²) >= 11 is 0. The molecule has 21 heavy (non-hydrogen) atoms. The molecular weight excluding hydrogens is 419 g/mol. The molecule has 2 aromatic rings. The molecule has 0 heterocycles. The molecule has 1 aliphatic carbocycles. The summed E-state index contributed by atoms with van der Waals surface area (Å²) < 4.78 is 0. The van der Waals surface area contributed by atoms with Crippen molar-refractivity contribution in [3.63, 3.8) is 0 Å². The zero-order chi connectivity index (χ0) is 14.9. The molecule has 0 N–H and O–H groups in total. The summed E-state index contributed by atoms with van der Waals surface area (Å²) in [6, 6.07) is 10.8. The van der Waals surface area contributed by atoms with Crippen LogP contribution in [0.2, 0.25) is 0 Å².